The molecular formula is C18H18ClF4N3O. The molecule has 4 nitrogen and oxygen atoms in total. The molecule has 0 radical (unpaired) electrons. The maximum Gasteiger partial charge on any atom is 0.451 e. The number of allylic oxidation sites excluding steroid dienone is 3. The van der Waals surface area contributed by atoms with Crippen molar-refractivity contribution < 1.29 is 22.4 Å². The van der Waals surface area contributed by atoms with Crippen LogP contribution in [-0.2, 0) is 11.0 Å². The quantitative estimate of drug-likeness (QED) is 0.569. The first-order valence-corrected chi connectivity index (χ1v) is 8.95. The van der Waals surface area contributed by atoms with Crippen molar-refractivity contribution in [3.63, 3.8) is 0 Å². The van der Waals surface area contributed by atoms with Crippen LogP contribution in [0.5, 0.6) is 0 Å². The lowest BCUT2D eigenvalue weighted by molar-refractivity contribution is -0.145. The molecule has 0 aliphatic heterocycles. The third-order valence-electron chi connectivity index (χ3n) is 5.10. The van der Waals surface area contributed by atoms with E-state index in [1.165, 1.54) is 12.2 Å². The summed E-state index contributed by atoms with van der Waals surface area (Å²) in [5.41, 5.74) is 4.54. The number of carbonyl (C=O) groups is 1. The number of nitrogens with zero attached hydrogens (tertiary/aromatic N) is 2. The minimum Gasteiger partial charge on any atom is -0.369 e. The second kappa shape index (κ2) is 7.22. The Labute approximate surface area is 158 Å². The van der Waals surface area contributed by atoms with Crippen LogP contribution in [-0.4, -0.2) is 21.3 Å². The van der Waals surface area contributed by atoms with Crippen molar-refractivity contribution in [2.75, 3.05) is 0 Å². The molecule has 1 saturated carbocycles. The monoisotopic (exact) mass is 403 g/mol. The predicted molar refractivity (Wildman–Crippen MR) is 91.3 cm³/mol. The van der Waals surface area contributed by atoms with Gasteiger partial charge in [0.15, 0.2) is 0 Å². The van der Waals surface area contributed by atoms with E-state index in [1.54, 1.807) is 0 Å². The average molecular weight is 404 g/mol. The Balaban J connectivity index is 1.91. The number of nitrogens with two attached hydrogens (primary N) is 1. The van der Waals surface area contributed by atoms with E-state index in [0.29, 0.717) is 17.9 Å². The first-order chi connectivity index (χ1) is 12.6. The number of rotatable bonds is 6. The van der Waals surface area contributed by atoms with Gasteiger partial charge >= 0.3 is 6.18 Å². The number of aromatic nitrogens is 2. The summed E-state index contributed by atoms with van der Waals surface area (Å²) >= 11 is 6.18. The first-order valence-electron chi connectivity index (χ1n) is 8.51. The Kier molecular flexibility index (Phi) is 5.29. The molecule has 2 N–H and O–H groups in total. The van der Waals surface area contributed by atoms with Gasteiger partial charge in [0.1, 0.15) is 11.2 Å². The molecule has 3 rings (SSSR count). The fraction of sp³-hybridized carbons (Fsp3) is 0.500. The summed E-state index contributed by atoms with van der Waals surface area (Å²) in [6, 6.07) is 0. The highest BCUT2D eigenvalue weighted by atomic mass is 35.5. The van der Waals surface area contributed by atoms with Gasteiger partial charge < -0.3 is 5.73 Å². The summed E-state index contributed by atoms with van der Waals surface area (Å²) in [6.07, 6.45) is 4.28. The Morgan fingerprint density at radius 1 is 1.33 bits per heavy atom. The lowest BCUT2D eigenvalue weighted by Crippen LogP contribution is -2.45. The summed E-state index contributed by atoms with van der Waals surface area (Å²) in [7, 11) is 0. The van der Waals surface area contributed by atoms with E-state index in [0.717, 1.165) is 31.3 Å². The van der Waals surface area contributed by atoms with Crippen LogP contribution in [0.4, 0.5) is 17.6 Å². The van der Waals surface area contributed by atoms with E-state index in [9.17, 15) is 22.4 Å². The molecule has 0 spiro atoms. The molecule has 146 valence electrons. The topological polar surface area (TPSA) is 68.9 Å². The van der Waals surface area contributed by atoms with Gasteiger partial charge in [-0.15, -0.1) is 11.6 Å². The number of primary amides is 1. The fourth-order valence-electron chi connectivity index (χ4n) is 3.40. The summed E-state index contributed by atoms with van der Waals surface area (Å²) in [5.74, 6) is -2.67. The van der Waals surface area contributed by atoms with Gasteiger partial charge in [-0.2, -0.15) is 13.2 Å². The highest BCUT2D eigenvalue weighted by molar-refractivity contribution is 6.24. The normalized spacial score (nSPS) is 26.6. The van der Waals surface area contributed by atoms with E-state index in [-0.39, 0.29) is 12.3 Å². The molecule has 0 saturated heterocycles. The van der Waals surface area contributed by atoms with Gasteiger partial charge in [-0.1, -0.05) is 25.0 Å². The van der Waals surface area contributed by atoms with Crippen LogP contribution in [0.2, 0.25) is 0 Å². The molecular weight excluding hydrogens is 386 g/mol. The number of carbonyl (C=O) groups excluding carboxylic acids is 1. The van der Waals surface area contributed by atoms with Crippen LogP contribution in [0.1, 0.15) is 43.0 Å². The Hall–Kier alpha value is -1.96. The van der Waals surface area contributed by atoms with Gasteiger partial charge in [0.05, 0.1) is 5.41 Å². The van der Waals surface area contributed by atoms with Crippen LogP contribution >= 0.6 is 11.6 Å². The van der Waals surface area contributed by atoms with E-state index in [1.807, 2.05) is 0 Å². The Morgan fingerprint density at radius 3 is 2.48 bits per heavy atom. The second-order valence-electron chi connectivity index (χ2n) is 7.10. The molecule has 3 unspecified atom stereocenters. The van der Waals surface area contributed by atoms with E-state index < -0.39 is 34.5 Å². The molecule has 1 aromatic rings. The van der Waals surface area contributed by atoms with Crippen LogP contribution in [0.15, 0.2) is 36.4 Å². The maximum absolute atomic E-state index is 14.1. The summed E-state index contributed by atoms with van der Waals surface area (Å²) in [5, 5.41) is -1.27. The average Bonchev–Trinajstić information content (AvgIpc) is 3.41. The van der Waals surface area contributed by atoms with Gasteiger partial charge in [-0.3, -0.25) is 4.79 Å². The van der Waals surface area contributed by atoms with Crippen LogP contribution in [0.25, 0.3) is 0 Å². The highest BCUT2D eigenvalue weighted by Gasteiger charge is 2.47. The summed E-state index contributed by atoms with van der Waals surface area (Å²) < 4.78 is 52.2. The third kappa shape index (κ3) is 4.15. The van der Waals surface area contributed by atoms with E-state index in [4.69, 9.17) is 17.3 Å². The van der Waals surface area contributed by atoms with Gasteiger partial charge in [0.25, 0.3) is 0 Å². The number of halogens is 5. The lowest BCUT2D eigenvalue weighted by atomic mass is 9.71. The number of hydrogen-bond acceptors (Lipinski definition) is 3. The summed E-state index contributed by atoms with van der Waals surface area (Å²) in [6.45, 7) is 0. The fourth-order valence-corrected chi connectivity index (χ4v) is 3.74. The van der Waals surface area contributed by atoms with Crippen molar-refractivity contribution in [2.45, 2.75) is 43.2 Å². The molecule has 1 heterocycles. The predicted octanol–water partition coefficient (Wildman–Crippen LogP) is 4.27. The molecule has 9 heteroatoms. The van der Waals surface area contributed by atoms with Crippen LogP contribution < -0.4 is 5.73 Å². The Bertz CT molecular complexity index is 774. The third-order valence-corrected chi connectivity index (χ3v) is 5.70. The highest BCUT2D eigenvalue weighted by Crippen LogP contribution is 2.48. The van der Waals surface area contributed by atoms with Crippen molar-refractivity contribution in [2.24, 2.45) is 17.1 Å². The lowest BCUT2D eigenvalue weighted by Gasteiger charge is -2.36. The number of alkyl halides is 4. The zero-order chi connectivity index (χ0) is 19.8. The zero-order valence-corrected chi connectivity index (χ0v) is 15.0. The van der Waals surface area contributed by atoms with Crippen molar-refractivity contribution in [3.8, 4) is 0 Å². The minimum absolute atomic E-state index is 0.0689. The molecule has 3 atom stereocenters. The van der Waals surface area contributed by atoms with Crippen LogP contribution in [0.3, 0.4) is 0 Å². The molecule has 1 amide bonds. The molecule has 27 heavy (non-hydrogen) atoms. The molecule has 1 fully saturated rings. The van der Waals surface area contributed by atoms with Gasteiger partial charge in [-0.25, -0.2) is 14.4 Å². The standard InChI is InChI=1S/C18H18ClF4N3O/c19-14-13(20)2-1-5-17(14,15(24)27)7-11(6-10-3-4-10)12-8-25-16(26-9-12)18(21,22)23/h1-2,5,8-11,14H,3-4,6-7H2,(H2,24,27). The summed E-state index contributed by atoms with van der Waals surface area (Å²) in [4.78, 5) is 19.0. The van der Waals surface area contributed by atoms with Gasteiger partial charge in [-0.05, 0) is 36.3 Å². The van der Waals surface area contributed by atoms with Gasteiger partial charge in [0, 0.05) is 12.4 Å². The largest absolute Gasteiger partial charge is 0.451 e. The van der Waals surface area contributed by atoms with Crippen molar-refractivity contribution >= 4 is 17.5 Å². The molecule has 2 aliphatic carbocycles. The smallest absolute Gasteiger partial charge is 0.369 e. The maximum atomic E-state index is 14.1. The molecule has 2 aliphatic rings. The zero-order valence-electron chi connectivity index (χ0n) is 14.2. The van der Waals surface area contributed by atoms with Crippen molar-refractivity contribution in [1.29, 1.82) is 0 Å². The second-order valence-corrected chi connectivity index (χ2v) is 7.53. The van der Waals surface area contributed by atoms with Crippen molar-refractivity contribution in [1.82, 2.24) is 9.97 Å². The molecule has 1 aromatic heterocycles. The number of hydrogen-bond donors (Lipinski definition) is 1. The SMILES string of the molecule is NC(=O)C1(CC(CC2CC2)c2cnc(C(F)(F)F)nc2)C=CC=C(F)C1Cl. The minimum atomic E-state index is -4.64. The van der Waals surface area contributed by atoms with Gasteiger partial charge in [0.2, 0.25) is 11.7 Å². The molecule has 0 aromatic carbocycles. The first kappa shape index (κ1) is 19.8. The molecule has 0 bridgehead atoms. The van der Waals surface area contributed by atoms with Crippen molar-refractivity contribution in [3.05, 3.63) is 47.8 Å². The number of amides is 1. The van der Waals surface area contributed by atoms with E-state index in [2.05, 4.69) is 9.97 Å². The Morgan fingerprint density at radius 2 is 1.96 bits per heavy atom. The van der Waals surface area contributed by atoms with E-state index >= 15 is 0 Å². The van der Waals surface area contributed by atoms with Crippen LogP contribution in [0, 0.1) is 11.3 Å².